The van der Waals surface area contributed by atoms with Gasteiger partial charge in [0.1, 0.15) is 11.6 Å². The van der Waals surface area contributed by atoms with Gasteiger partial charge in [0.2, 0.25) is 6.10 Å². The number of likely N-dealkylation sites (tertiary alicyclic amines) is 2. The number of rotatable bonds is 3. The SMILES string of the molecule is CSc1ncccc1C(=O)N1CCC2(CC1)CCN(C(=O)C1COc3ccccc3O1)C2. The first-order chi connectivity index (χ1) is 15.6. The Bertz CT molecular complexity index is 1020. The van der Waals surface area contributed by atoms with Crippen molar-refractivity contribution in [1.82, 2.24) is 14.8 Å². The number of fused-ring (bicyclic) bond motifs is 1. The van der Waals surface area contributed by atoms with E-state index in [-0.39, 0.29) is 23.8 Å². The Morgan fingerprint density at radius 1 is 1.03 bits per heavy atom. The minimum absolute atomic E-state index is 0.00476. The summed E-state index contributed by atoms with van der Waals surface area (Å²) < 4.78 is 11.7. The summed E-state index contributed by atoms with van der Waals surface area (Å²) >= 11 is 1.49. The molecule has 1 atom stereocenters. The van der Waals surface area contributed by atoms with Gasteiger partial charge < -0.3 is 19.3 Å². The number of pyridine rings is 1. The van der Waals surface area contributed by atoms with Gasteiger partial charge in [0.05, 0.1) is 5.56 Å². The zero-order valence-electron chi connectivity index (χ0n) is 18.2. The highest BCUT2D eigenvalue weighted by Crippen LogP contribution is 2.41. The van der Waals surface area contributed by atoms with Crippen molar-refractivity contribution in [3.05, 3.63) is 48.2 Å². The van der Waals surface area contributed by atoms with Crippen LogP contribution in [0.15, 0.2) is 47.6 Å². The third-order valence-electron chi connectivity index (χ3n) is 6.84. The minimum atomic E-state index is -0.600. The maximum Gasteiger partial charge on any atom is 0.267 e. The molecule has 7 nitrogen and oxygen atoms in total. The van der Waals surface area contributed by atoms with Crippen molar-refractivity contribution in [3.8, 4) is 11.5 Å². The summed E-state index contributed by atoms with van der Waals surface area (Å²) in [5.41, 5.74) is 0.755. The monoisotopic (exact) mass is 453 g/mol. The zero-order valence-corrected chi connectivity index (χ0v) is 19.0. The Morgan fingerprint density at radius 2 is 1.75 bits per heavy atom. The van der Waals surface area contributed by atoms with Gasteiger partial charge in [0.15, 0.2) is 11.5 Å². The lowest BCUT2D eigenvalue weighted by Gasteiger charge is -2.39. The van der Waals surface area contributed by atoms with Gasteiger partial charge >= 0.3 is 0 Å². The molecule has 2 saturated heterocycles. The lowest BCUT2D eigenvalue weighted by atomic mass is 9.77. The summed E-state index contributed by atoms with van der Waals surface area (Å²) in [6.45, 7) is 3.11. The summed E-state index contributed by atoms with van der Waals surface area (Å²) in [7, 11) is 0. The van der Waals surface area contributed by atoms with Gasteiger partial charge in [-0.05, 0) is 55.2 Å². The van der Waals surface area contributed by atoms with Crippen LogP contribution in [-0.4, -0.2) is 71.7 Å². The van der Waals surface area contributed by atoms with Crippen LogP contribution in [0.3, 0.4) is 0 Å². The number of aromatic nitrogens is 1. The molecular formula is C24H27N3O4S. The molecule has 8 heteroatoms. The van der Waals surface area contributed by atoms with E-state index in [2.05, 4.69) is 4.98 Å². The van der Waals surface area contributed by atoms with Crippen LogP contribution in [-0.2, 0) is 4.79 Å². The fourth-order valence-electron chi connectivity index (χ4n) is 4.95. The Labute approximate surface area is 192 Å². The first-order valence-corrected chi connectivity index (χ1v) is 12.3. The molecule has 32 heavy (non-hydrogen) atoms. The molecule has 0 saturated carbocycles. The van der Waals surface area contributed by atoms with Gasteiger partial charge in [0, 0.05) is 32.4 Å². The third-order valence-corrected chi connectivity index (χ3v) is 7.55. The first-order valence-electron chi connectivity index (χ1n) is 11.0. The number of hydrogen-bond donors (Lipinski definition) is 0. The van der Waals surface area contributed by atoms with Crippen molar-refractivity contribution < 1.29 is 19.1 Å². The quantitative estimate of drug-likeness (QED) is 0.665. The van der Waals surface area contributed by atoms with E-state index in [4.69, 9.17) is 9.47 Å². The molecule has 2 aromatic rings. The Balaban J connectivity index is 1.19. The number of thioether (sulfide) groups is 1. The molecule has 0 N–H and O–H groups in total. The molecule has 5 rings (SSSR count). The van der Waals surface area contributed by atoms with Gasteiger partial charge in [-0.3, -0.25) is 9.59 Å². The van der Waals surface area contributed by atoms with Crippen molar-refractivity contribution in [3.63, 3.8) is 0 Å². The molecule has 0 aliphatic carbocycles. The maximum atomic E-state index is 13.1. The van der Waals surface area contributed by atoms with Gasteiger partial charge in [-0.25, -0.2) is 4.98 Å². The van der Waals surface area contributed by atoms with Gasteiger partial charge in [-0.1, -0.05) is 12.1 Å². The van der Waals surface area contributed by atoms with E-state index in [9.17, 15) is 9.59 Å². The van der Waals surface area contributed by atoms with E-state index in [1.165, 1.54) is 11.8 Å². The summed E-state index contributed by atoms with van der Waals surface area (Å²) in [5.74, 6) is 1.35. The molecule has 0 radical (unpaired) electrons. The fourth-order valence-corrected chi connectivity index (χ4v) is 5.49. The van der Waals surface area contributed by atoms with Crippen LogP contribution in [0.1, 0.15) is 29.6 Å². The molecule has 4 heterocycles. The maximum absolute atomic E-state index is 13.1. The van der Waals surface area contributed by atoms with Crippen LogP contribution in [0, 0.1) is 5.41 Å². The van der Waals surface area contributed by atoms with Gasteiger partial charge in [-0.15, -0.1) is 11.8 Å². The van der Waals surface area contributed by atoms with E-state index in [1.54, 1.807) is 6.20 Å². The highest BCUT2D eigenvalue weighted by Gasteiger charge is 2.45. The molecular weight excluding hydrogens is 426 g/mol. The highest BCUT2D eigenvalue weighted by molar-refractivity contribution is 7.98. The number of para-hydroxylation sites is 2. The molecule has 1 unspecified atom stereocenters. The first kappa shape index (κ1) is 21.1. The highest BCUT2D eigenvalue weighted by atomic mass is 32.2. The van der Waals surface area contributed by atoms with Crippen LogP contribution in [0.4, 0.5) is 0 Å². The van der Waals surface area contributed by atoms with E-state index in [0.717, 1.165) is 37.4 Å². The number of amides is 2. The van der Waals surface area contributed by atoms with Crippen molar-refractivity contribution >= 4 is 23.6 Å². The topological polar surface area (TPSA) is 72.0 Å². The summed E-state index contributed by atoms with van der Waals surface area (Å²) in [5, 5.41) is 0.770. The van der Waals surface area contributed by atoms with Crippen LogP contribution >= 0.6 is 11.8 Å². The van der Waals surface area contributed by atoms with Crippen molar-refractivity contribution in [2.24, 2.45) is 5.41 Å². The zero-order chi connectivity index (χ0) is 22.1. The number of nitrogens with zero attached hydrogens (tertiary/aromatic N) is 3. The molecule has 1 aromatic heterocycles. The van der Waals surface area contributed by atoms with Crippen molar-refractivity contribution in [1.29, 1.82) is 0 Å². The summed E-state index contributed by atoms with van der Waals surface area (Å²) in [6.07, 6.45) is 5.83. The van der Waals surface area contributed by atoms with Gasteiger partial charge in [-0.2, -0.15) is 0 Å². The molecule has 1 spiro atoms. The minimum Gasteiger partial charge on any atom is -0.485 e. The molecule has 2 fully saturated rings. The standard InChI is InChI=1S/C24H27N3O4S/c1-32-21-17(5-4-11-25-21)22(28)26-12-8-24(9-13-26)10-14-27(16-24)23(29)20-15-30-18-6-2-3-7-19(18)31-20/h2-7,11,20H,8-10,12-16H2,1H3. The van der Waals surface area contributed by atoms with Crippen LogP contribution < -0.4 is 9.47 Å². The fraction of sp³-hybridized carbons (Fsp3) is 0.458. The number of hydrogen-bond acceptors (Lipinski definition) is 6. The molecule has 3 aliphatic heterocycles. The van der Waals surface area contributed by atoms with Crippen LogP contribution in [0.5, 0.6) is 11.5 Å². The molecule has 3 aliphatic rings. The second-order valence-corrected chi connectivity index (χ2v) is 9.52. The average Bonchev–Trinajstić information content (AvgIpc) is 3.26. The largest absolute Gasteiger partial charge is 0.485 e. The van der Waals surface area contributed by atoms with E-state index in [0.29, 0.717) is 30.2 Å². The Kier molecular flexibility index (Phi) is 5.71. The average molecular weight is 454 g/mol. The summed E-state index contributed by atoms with van der Waals surface area (Å²) in [4.78, 5) is 34.3. The number of piperidine rings is 1. The van der Waals surface area contributed by atoms with E-state index >= 15 is 0 Å². The van der Waals surface area contributed by atoms with E-state index in [1.807, 2.05) is 52.5 Å². The molecule has 0 bridgehead atoms. The second-order valence-electron chi connectivity index (χ2n) is 8.73. The Hall–Kier alpha value is -2.74. The van der Waals surface area contributed by atoms with Crippen molar-refractivity contribution in [2.75, 3.05) is 39.0 Å². The lowest BCUT2D eigenvalue weighted by Crippen LogP contribution is -2.48. The predicted octanol–water partition coefficient (Wildman–Crippen LogP) is 3.10. The molecule has 2 amide bonds. The van der Waals surface area contributed by atoms with Crippen molar-refractivity contribution in [2.45, 2.75) is 30.4 Å². The van der Waals surface area contributed by atoms with E-state index < -0.39 is 6.10 Å². The van der Waals surface area contributed by atoms with Crippen LogP contribution in [0.25, 0.3) is 0 Å². The molecule has 1 aromatic carbocycles. The van der Waals surface area contributed by atoms with Crippen LogP contribution in [0.2, 0.25) is 0 Å². The predicted molar refractivity (Wildman–Crippen MR) is 121 cm³/mol. The second kappa shape index (κ2) is 8.65. The normalized spacial score (nSPS) is 21.6. The smallest absolute Gasteiger partial charge is 0.267 e. The molecule has 168 valence electrons. The van der Waals surface area contributed by atoms with Gasteiger partial charge in [0.25, 0.3) is 11.8 Å². The Morgan fingerprint density at radius 3 is 2.50 bits per heavy atom. The third kappa shape index (κ3) is 3.92. The number of benzene rings is 1. The number of carbonyl (C=O) groups is 2. The number of carbonyl (C=O) groups excluding carboxylic acids is 2. The summed E-state index contributed by atoms with van der Waals surface area (Å²) in [6, 6.07) is 11.1. The number of ether oxygens (including phenoxy) is 2. The lowest BCUT2D eigenvalue weighted by molar-refractivity contribution is -0.140.